The van der Waals surface area contributed by atoms with Gasteiger partial charge < -0.3 is 4.74 Å². The average Bonchev–Trinajstić information content (AvgIpc) is 2.49. The van der Waals surface area contributed by atoms with Gasteiger partial charge in [0.2, 0.25) is 5.91 Å². The summed E-state index contributed by atoms with van der Waals surface area (Å²) in [6.07, 6.45) is 0. The minimum Gasteiger partial charge on any atom is -0.497 e. The van der Waals surface area contributed by atoms with Gasteiger partial charge in [-0.1, -0.05) is 11.6 Å². The van der Waals surface area contributed by atoms with Gasteiger partial charge in [0.05, 0.1) is 12.8 Å². The number of amides is 2. The van der Waals surface area contributed by atoms with Gasteiger partial charge in [-0.05, 0) is 48.5 Å². The summed E-state index contributed by atoms with van der Waals surface area (Å²) in [7, 11) is 1.55. The van der Waals surface area contributed by atoms with E-state index in [-0.39, 0.29) is 5.91 Å². The molecule has 0 saturated heterocycles. The molecule has 4 nitrogen and oxygen atoms in total. The molecular weight excluding hydrogens is 290 g/mol. The van der Waals surface area contributed by atoms with Crippen LogP contribution in [0.5, 0.6) is 5.75 Å². The number of methoxy groups -OCH3 is 1. The highest BCUT2D eigenvalue weighted by atomic mass is 35.5. The van der Waals surface area contributed by atoms with E-state index >= 15 is 0 Å². The Morgan fingerprint density at radius 3 is 2.05 bits per heavy atom. The third kappa shape index (κ3) is 3.41. The number of carbonyl (C=O) groups excluding carboxylic acids is 2. The molecule has 5 heteroatoms. The van der Waals surface area contributed by atoms with E-state index in [9.17, 15) is 9.59 Å². The second-order valence-corrected chi connectivity index (χ2v) is 4.80. The third-order valence-corrected chi connectivity index (χ3v) is 3.19. The summed E-state index contributed by atoms with van der Waals surface area (Å²) in [5.41, 5.74) is 0.883. The molecule has 0 N–H and O–H groups in total. The van der Waals surface area contributed by atoms with E-state index in [0.717, 1.165) is 4.90 Å². The number of imide groups is 1. The molecule has 0 aliphatic rings. The molecule has 0 bridgehead atoms. The normalized spacial score (nSPS) is 10.0. The van der Waals surface area contributed by atoms with Crippen molar-refractivity contribution in [2.45, 2.75) is 6.92 Å². The maximum absolute atomic E-state index is 12.5. The molecule has 0 unspecified atom stereocenters. The quantitative estimate of drug-likeness (QED) is 0.871. The zero-order valence-corrected chi connectivity index (χ0v) is 12.4. The molecule has 2 aromatic carbocycles. The zero-order chi connectivity index (χ0) is 15.4. The Balaban J connectivity index is 2.35. The molecule has 21 heavy (non-hydrogen) atoms. The number of anilines is 1. The molecule has 2 amide bonds. The Kier molecular flexibility index (Phi) is 4.60. The number of benzene rings is 2. The van der Waals surface area contributed by atoms with Gasteiger partial charge in [0.25, 0.3) is 5.91 Å². The highest BCUT2D eigenvalue weighted by Crippen LogP contribution is 2.21. The van der Waals surface area contributed by atoms with Gasteiger partial charge in [-0.2, -0.15) is 0 Å². The van der Waals surface area contributed by atoms with Crippen molar-refractivity contribution < 1.29 is 14.3 Å². The van der Waals surface area contributed by atoms with Crippen molar-refractivity contribution in [1.82, 2.24) is 0 Å². The lowest BCUT2D eigenvalue weighted by molar-refractivity contribution is -0.115. The molecule has 0 spiro atoms. The van der Waals surface area contributed by atoms with Crippen LogP contribution >= 0.6 is 11.6 Å². The zero-order valence-electron chi connectivity index (χ0n) is 11.7. The number of nitrogens with zero attached hydrogens (tertiary/aromatic N) is 1. The smallest absolute Gasteiger partial charge is 0.265 e. The third-order valence-electron chi connectivity index (χ3n) is 2.94. The van der Waals surface area contributed by atoms with Crippen LogP contribution in [0.25, 0.3) is 0 Å². The molecule has 0 heterocycles. The molecule has 0 aromatic heterocycles. The summed E-state index contributed by atoms with van der Waals surface area (Å²) in [5.74, 6) is -0.113. The number of hydrogen-bond acceptors (Lipinski definition) is 3. The highest BCUT2D eigenvalue weighted by Gasteiger charge is 2.21. The minimum atomic E-state index is -0.396. The van der Waals surface area contributed by atoms with E-state index in [1.165, 1.54) is 6.92 Å². The van der Waals surface area contributed by atoms with Crippen LogP contribution in [0, 0.1) is 0 Å². The summed E-state index contributed by atoms with van der Waals surface area (Å²) in [6.45, 7) is 1.34. The van der Waals surface area contributed by atoms with E-state index in [2.05, 4.69) is 0 Å². The first-order valence-electron chi connectivity index (χ1n) is 6.27. The van der Waals surface area contributed by atoms with Crippen molar-refractivity contribution in [3.8, 4) is 5.75 Å². The van der Waals surface area contributed by atoms with Crippen LogP contribution in [0.1, 0.15) is 17.3 Å². The Morgan fingerprint density at radius 1 is 1.00 bits per heavy atom. The predicted molar refractivity (Wildman–Crippen MR) is 81.9 cm³/mol. The van der Waals surface area contributed by atoms with Crippen molar-refractivity contribution in [3.05, 3.63) is 59.1 Å². The molecule has 0 aliphatic carbocycles. The van der Waals surface area contributed by atoms with Gasteiger partial charge in [-0.3, -0.25) is 9.59 Å². The van der Waals surface area contributed by atoms with Gasteiger partial charge in [-0.15, -0.1) is 0 Å². The predicted octanol–water partition coefficient (Wildman–Crippen LogP) is 3.54. The lowest BCUT2D eigenvalue weighted by atomic mass is 10.1. The Bertz CT molecular complexity index is 650. The van der Waals surface area contributed by atoms with Gasteiger partial charge in [0, 0.05) is 17.5 Å². The topological polar surface area (TPSA) is 46.6 Å². The summed E-state index contributed by atoms with van der Waals surface area (Å²) in [4.78, 5) is 25.4. The fraction of sp³-hybridized carbons (Fsp3) is 0.125. The van der Waals surface area contributed by atoms with Gasteiger partial charge >= 0.3 is 0 Å². The Morgan fingerprint density at radius 2 is 1.57 bits per heavy atom. The first kappa shape index (κ1) is 15.1. The maximum atomic E-state index is 12.5. The van der Waals surface area contributed by atoms with Crippen LogP contribution in [0.2, 0.25) is 5.02 Å². The minimum absolute atomic E-state index is 0.363. The van der Waals surface area contributed by atoms with E-state index < -0.39 is 5.91 Å². The van der Waals surface area contributed by atoms with E-state index in [1.54, 1.807) is 55.6 Å². The summed E-state index contributed by atoms with van der Waals surface area (Å²) >= 11 is 5.82. The van der Waals surface area contributed by atoms with Crippen molar-refractivity contribution >= 4 is 29.1 Å². The molecular formula is C16H14ClNO3. The van der Waals surface area contributed by atoms with E-state index in [1.807, 2.05) is 0 Å². The van der Waals surface area contributed by atoms with Crippen molar-refractivity contribution in [3.63, 3.8) is 0 Å². The molecule has 0 radical (unpaired) electrons. The number of ether oxygens (including phenoxy) is 1. The Labute approximate surface area is 127 Å². The number of hydrogen-bond donors (Lipinski definition) is 0. The monoisotopic (exact) mass is 303 g/mol. The highest BCUT2D eigenvalue weighted by molar-refractivity contribution is 6.30. The van der Waals surface area contributed by atoms with Crippen molar-refractivity contribution in [2.24, 2.45) is 0 Å². The largest absolute Gasteiger partial charge is 0.497 e. The van der Waals surface area contributed by atoms with Crippen LogP contribution in [-0.2, 0) is 4.79 Å². The standard InChI is InChI=1S/C16H14ClNO3/c1-11(19)18(14-7-5-13(17)6-8-14)16(20)12-3-9-15(21-2)10-4-12/h3-10H,1-2H3. The lowest BCUT2D eigenvalue weighted by Crippen LogP contribution is -2.35. The average molecular weight is 304 g/mol. The first-order valence-corrected chi connectivity index (χ1v) is 6.65. The van der Waals surface area contributed by atoms with Crippen LogP contribution in [0.15, 0.2) is 48.5 Å². The maximum Gasteiger partial charge on any atom is 0.265 e. The van der Waals surface area contributed by atoms with E-state index in [4.69, 9.17) is 16.3 Å². The molecule has 0 fully saturated rings. The van der Waals surface area contributed by atoms with Crippen molar-refractivity contribution in [1.29, 1.82) is 0 Å². The fourth-order valence-electron chi connectivity index (χ4n) is 1.89. The lowest BCUT2D eigenvalue weighted by Gasteiger charge is -2.19. The number of halogens is 1. The number of carbonyl (C=O) groups is 2. The van der Waals surface area contributed by atoms with Gasteiger partial charge in [0.15, 0.2) is 0 Å². The molecule has 0 aliphatic heterocycles. The van der Waals surface area contributed by atoms with Crippen LogP contribution in [-0.4, -0.2) is 18.9 Å². The molecule has 0 saturated carbocycles. The summed E-state index contributed by atoms with van der Waals surface area (Å²) < 4.78 is 5.05. The SMILES string of the molecule is COc1ccc(C(=O)N(C(C)=O)c2ccc(Cl)cc2)cc1. The van der Waals surface area contributed by atoms with Crippen molar-refractivity contribution in [2.75, 3.05) is 12.0 Å². The molecule has 2 rings (SSSR count). The van der Waals surface area contributed by atoms with Crippen LogP contribution in [0.4, 0.5) is 5.69 Å². The molecule has 0 atom stereocenters. The molecule has 2 aromatic rings. The fourth-order valence-corrected chi connectivity index (χ4v) is 2.02. The number of rotatable bonds is 3. The van der Waals surface area contributed by atoms with Gasteiger partial charge in [0.1, 0.15) is 5.75 Å². The van der Waals surface area contributed by atoms with Gasteiger partial charge in [-0.25, -0.2) is 4.90 Å². The van der Waals surface area contributed by atoms with Crippen LogP contribution in [0.3, 0.4) is 0 Å². The van der Waals surface area contributed by atoms with E-state index in [0.29, 0.717) is 22.0 Å². The first-order chi connectivity index (χ1) is 10.0. The Hall–Kier alpha value is -2.33. The summed E-state index contributed by atoms with van der Waals surface area (Å²) in [5, 5.41) is 0.541. The second-order valence-electron chi connectivity index (χ2n) is 4.36. The van der Waals surface area contributed by atoms with Crippen LogP contribution < -0.4 is 9.64 Å². The summed E-state index contributed by atoms with van der Waals surface area (Å²) in [6, 6.07) is 13.1. The second kappa shape index (κ2) is 6.41. The molecule has 108 valence electrons.